The van der Waals surface area contributed by atoms with E-state index in [2.05, 4.69) is 17.0 Å². The molecule has 8 heteroatoms. The summed E-state index contributed by atoms with van der Waals surface area (Å²) >= 11 is 0. The number of amides is 1. The maximum Gasteiger partial charge on any atom is 0.411 e. The van der Waals surface area contributed by atoms with Gasteiger partial charge in [0, 0.05) is 18.0 Å². The Bertz CT molecular complexity index is 924. The molecule has 1 aromatic carbocycles. The number of Topliss-reactive ketones (excluding diaryl/α,β-unsaturated/α-hetero) is 1. The van der Waals surface area contributed by atoms with Crippen molar-refractivity contribution >= 4 is 34.4 Å². The van der Waals surface area contributed by atoms with Gasteiger partial charge in [-0.05, 0) is 51.8 Å². The minimum Gasteiger partial charge on any atom is -0.459 e. The van der Waals surface area contributed by atoms with Crippen molar-refractivity contribution in [3.8, 4) is 0 Å². The van der Waals surface area contributed by atoms with Gasteiger partial charge in [0.25, 0.3) is 0 Å². The SMILES string of the molecule is C=CCCCOC(=O)Nc1ccc2c(C(C)=O)nn(CC(=O)OC(C)(C)C)c2c1. The number of nitrogens with zero attached hydrogens (tertiary/aromatic N) is 2. The van der Waals surface area contributed by atoms with Gasteiger partial charge in [-0.1, -0.05) is 6.08 Å². The highest BCUT2D eigenvalue weighted by atomic mass is 16.6. The topological polar surface area (TPSA) is 99.5 Å². The van der Waals surface area contributed by atoms with Crippen LogP contribution in [0.1, 0.15) is 51.0 Å². The lowest BCUT2D eigenvalue weighted by Gasteiger charge is -2.19. The van der Waals surface area contributed by atoms with Crippen LogP contribution in [-0.2, 0) is 20.8 Å². The second kappa shape index (κ2) is 9.36. The molecule has 1 heterocycles. The Kier molecular flexibility index (Phi) is 7.14. The molecule has 29 heavy (non-hydrogen) atoms. The lowest BCUT2D eigenvalue weighted by molar-refractivity contribution is -0.155. The number of benzene rings is 1. The highest BCUT2D eigenvalue weighted by Gasteiger charge is 2.20. The first-order valence-electron chi connectivity index (χ1n) is 9.38. The smallest absolute Gasteiger partial charge is 0.411 e. The van der Waals surface area contributed by atoms with E-state index in [0.29, 0.717) is 23.0 Å². The van der Waals surface area contributed by atoms with Crippen LogP contribution in [0.15, 0.2) is 30.9 Å². The monoisotopic (exact) mass is 401 g/mol. The van der Waals surface area contributed by atoms with Crippen molar-refractivity contribution in [2.24, 2.45) is 0 Å². The van der Waals surface area contributed by atoms with Gasteiger partial charge in [-0.2, -0.15) is 5.10 Å². The number of ketones is 1. The Morgan fingerprint density at radius 1 is 1.28 bits per heavy atom. The standard InChI is InChI=1S/C21H27N3O5/c1-6-7-8-11-28-20(27)22-15-9-10-16-17(12-15)24(23-19(16)14(2)25)13-18(26)29-21(3,4)5/h6,9-10,12H,1,7-8,11,13H2,2-5H3,(H,22,27). The van der Waals surface area contributed by atoms with E-state index in [-0.39, 0.29) is 24.6 Å². The summed E-state index contributed by atoms with van der Waals surface area (Å²) in [6.45, 7) is 10.5. The van der Waals surface area contributed by atoms with Crippen LogP contribution in [0.25, 0.3) is 10.9 Å². The van der Waals surface area contributed by atoms with Crippen molar-refractivity contribution in [3.05, 3.63) is 36.5 Å². The van der Waals surface area contributed by atoms with Crippen LogP contribution in [-0.4, -0.2) is 39.8 Å². The molecule has 0 unspecified atom stereocenters. The first-order valence-corrected chi connectivity index (χ1v) is 9.38. The van der Waals surface area contributed by atoms with Crippen LogP contribution in [0.5, 0.6) is 0 Å². The summed E-state index contributed by atoms with van der Waals surface area (Å²) in [4.78, 5) is 36.1. The number of unbranched alkanes of at least 4 members (excludes halogenated alkanes) is 1. The molecule has 2 aromatic rings. The molecular weight excluding hydrogens is 374 g/mol. The number of esters is 1. The van der Waals surface area contributed by atoms with E-state index < -0.39 is 17.7 Å². The number of fused-ring (bicyclic) bond motifs is 1. The average molecular weight is 401 g/mol. The van der Waals surface area contributed by atoms with Gasteiger partial charge in [0.1, 0.15) is 17.8 Å². The van der Waals surface area contributed by atoms with Gasteiger partial charge in [0.2, 0.25) is 0 Å². The number of aromatic nitrogens is 2. The normalized spacial score (nSPS) is 11.2. The van der Waals surface area contributed by atoms with Crippen LogP contribution in [0.3, 0.4) is 0 Å². The second-order valence-corrected chi connectivity index (χ2v) is 7.57. The van der Waals surface area contributed by atoms with Crippen molar-refractivity contribution < 1.29 is 23.9 Å². The molecule has 2 rings (SSSR count). The third-order valence-electron chi connectivity index (χ3n) is 3.82. The summed E-state index contributed by atoms with van der Waals surface area (Å²) in [5.41, 5.74) is 0.616. The molecule has 0 fully saturated rings. The third kappa shape index (κ3) is 6.44. The first-order chi connectivity index (χ1) is 13.6. The predicted molar refractivity (Wildman–Crippen MR) is 110 cm³/mol. The summed E-state index contributed by atoms with van der Waals surface area (Å²) in [6.07, 6.45) is 2.63. The average Bonchev–Trinajstić information content (AvgIpc) is 2.95. The fourth-order valence-corrected chi connectivity index (χ4v) is 2.67. The van der Waals surface area contributed by atoms with Gasteiger partial charge in [0.15, 0.2) is 5.78 Å². The maximum absolute atomic E-state index is 12.2. The fourth-order valence-electron chi connectivity index (χ4n) is 2.67. The lowest BCUT2D eigenvalue weighted by atomic mass is 10.1. The number of hydrogen-bond donors (Lipinski definition) is 1. The van der Waals surface area contributed by atoms with Gasteiger partial charge in [-0.15, -0.1) is 6.58 Å². The largest absolute Gasteiger partial charge is 0.459 e. The number of allylic oxidation sites excluding steroid dienone is 1. The van der Waals surface area contributed by atoms with Gasteiger partial charge < -0.3 is 9.47 Å². The van der Waals surface area contributed by atoms with Crippen molar-refractivity contribution in [2.75, 3.05) is 11.9 Å². The highest BCUT2D eigenvalue weighted by molar-refractivity contribution is 6.06. The number of hydrogen-bond acceptors (Lipinski definition) is 6. The number of rotatable bonds is 8. The summed E-state index contributed by atoms with van der Waals surface area (Å²) < 4.78 is 11.8. The van der Waals surface area contributed by atoms with Gasteiger partial charge in [-0.25, -0.2) is 4.79 Å². The number of carbonyl (C=O) groups is 3. The lowest BCUT2D eigenvalue weighted by Crippen LogP contribution is -2.26. The van der Waals surface area contributed by atoms with Crippen LogP contribution in [0, 0.1) is 0 Å². The molecule has 0 aliphatic carbocycles. The van der Waals surface area contributed by atoms with Gasteiger partial charge in [-0.3, -0.25) is 19.6 Å². The Labute approximate surface area is 169 Å². The molecule has 8 nitrogen and oxygen atoms in total. The molecular formula is C21H27N3O5. The minimum atomic E-state index is -0.633. The van der Waals surface area contributed by atoms with Gasteiger partial charge in [0.05, 0.1) is 12.1 Å². The summed E-state index contributed by atoms with van der Waals surface area (Å²) in [5.74, 6) is -0.697. The number of ether oxygens (including phenoxy) is 2. The number of carbonyl (C=O) groups excluding carboxylic acids is 3. The molecule has 1 aromatic heterocycles. The zero-order valence-electron chi connectivity index (χ0n) is 17.3. The Morgan fingerprint density at radius 3 is 2.62 bits per heavy atom. The predicted octanol–water partition coefficient (Wildman–Crippen LogP) is 4.10. The molecule has 0 saturated carbocycles. The van der Waals surface area contributed by atoms with Crippen LogP contribution < -0.4 is 5.32 Å². The van der Waals surface area contributed by atoms with Crippen molar-refractivity contribution in [2.45, 2.75) is 52.7 Å². The summed E-state index contributed by atoms with van der Waals surface area (Å²) in [6, 6.07) is 4.97. The van der Waals surface area contributed by atoms with E-state index in [1.165, 1.54) is 11.6 Å². The second-order valence-electron chi connectivity index (χ2n) is 7.57. The molecule has 1 N–H and O–H groups in total. The summed E-state index contributed by atoms with van der Waals surface area (Å²) in [5, 5.41) is 7.49. The molecule has 1 amide bonds. The molecule has 0 bridgehead atoms. The Morgan fingerprint density at radius 2 is 2.00 bits per heavy atom. The van der Waals surface area contributed by atoms with Crippen molar-refractivity contribution in [1.29, 1.82) is 0 Å². The van der Waals surface area contributed by atoms with Crippen molar-refractivity contribution in [1.82, 2.24) is 9.78 Å². The number of anilines is 1. The molecule has 0 spiro atoms. The molecule has 0 aliphatic rings. The molecule has 0 saturated heterocycles. The van der Waals surface area contributed by atoms with E-state index in [9.17, 15) is 14.4 Å². The fraction of sp³-hybridized carbons (Fsp3) is 0.429. The quantitative estimate of drug-likeness (QED) is 0.309. The van der Waals surface area contributed by atoms with E-state index >= 15 is 0 Å². The minimum absolute atomic E-state index is 0.156. The van der Waals surface area contributed by atoms with E-state index in [1.807, 2.05) is 0 Å². The third-order valence-corrected chi connectivity index (χ3v) is 3.82. The molecule has 0 aliphatic heterocycles. The zero-order valence-corrected chi connectivity index (χ0v) is 17.3. The van der Waals surface area contributed by atoms with Crippen LogP contribution >= 0.6 is 0 Å². The first kappa shape index (κ1) is 22.1. The van der Waals surface area contributed by atoms with Gasteiger partial charge >= 0.3 is 12.1 Å². The van der Waals surface area contributed by atoms with E-state index in [0.717, 1.165) is 6.42 Å². The summed E-state index contributed by atoms with van der Waals surface area (Å²) in [7, 11) is 0. The Balaban J connectivity index is 2.24. The van der Waals surface area contributed by atoms with Crippen LogP contribution in [0.4, 0.5) is 10.5 Å². The van der Waals surface area contributed by atoms with Crippen molar-refractivity contribution in [3.63, 3.8) is 0 Å². The highest BCUT2D eigenvalue weighted by Crippen LogP contribution is 2.24. The molecule has 156 valence electrons. The Hall–Kier alpha value is -3.16. The molecule has 0 radical (unpaired) electrons. The maximum atomic E-state index is 12.2. The van der Waals surface area contributed by atoms with Crippen LogP contribution in [0.2, 0.25) is 0 Å². The number of nitrogens with one attached hydrogen (secondary N) is 1. The molecule has 0 atom stereocenters. The zero-order chi connectivity index (χ0) is 21.6. The van der Waals surface area contributed by atoms with E-state index in [4.69, 9.17) is 9.47 Å². The van der Waals surface area contributed by atoms with E-state index in [1.54, 1.807) is 45.0 Å².